The summed E-state index contributed by atoms with van der Waals surface area (Å²) in [5.41, 5.74) is 0. The zero-order valence-corrected chi connectivity index (χ0v) is 10.2. The van der Waals surface area contributed by atoms with Crippen molar-refractivity contribution in [2.24, 2.45) is 0 Å². The van der Waals surface area contributed by atoms with Crippen molar-refractivity contribution in [1.82, 2.24) is 0 Å². The van der Waals surface area contributed by atoms with Gasteiger partial charge in [-0.25, -0.2) is 0 Å². The van der Waals surface area contributed by atoms with Crippen molar-refractivity contribution >= 4 is 0 Å². The summed E-state index contributed by atoms with van der Waals surface area (Å²) in [4.78, 5) is 0. The Labute approximate surface area is 107 Å². The second kappa shape index (κ2) is 5.79. The average Bonchev–Trinajstić information content (AvgIpc) is 2.42. The van der Waals surface area contributed by atoms with E-state index in [1.54, 1.807) is 0 Å². The monoisotopic (exact) mass is 238 g/mol. The Balaban J connectivity index is 2.02. The molecule has 2 rings (SSSR count). The predicted molar refractivity (Wildman–Crippen MR) is 71.9 cm³/mol. The molecule has 0 aliphatic heterocycles. The van der Waals surface area contributed by atoms with Gasteiger partial charge in [-0.15, -0.1) is 6.42 Å². The van der Waals surface area contributed by atoms with Crippen LogP contribution in [0.25, 0.3) is 0 Å². The van der Waals surface area contributed by atoms with E-state index >= 15 is 0 Å². The van der Waals surface area contributed by atoms with Gasteiger partial charge in [-0.3, -0.25) is 0 Å². The molecule has 0 aliphatic rings. The first-order valence-corrected chi connectivity index (χ1v) is 5.73. The van der Waals surface area contributed by atoms with Crippen LogP contribution in [-0.4, -0.2) is 6.10 Å². The van der Waals surface area contributed by atoms with E-state index in [4.69, 9.17) is 15.9 Å². The lowest BCUT2D eigenvalue weighted by Gasteiger charge is -2.10. The van der Waals surface area contributed by atoms with Crippen LogP contribution in [0.1, 0.15) is 6.92 Å². The zero-order chi connectivity index (χ0) is 12.8. The molecule has 0 heterocycles. The van der Waals surface area contributed by atoms with Crippen molar-refractivity contribution < 1.29 is 9.47 Å². The summed E-state index contributed by atoms with van der Waals surface area (Å²) in [6.07, 6.45) is 5.02. The van der Waals surface area contributed by atoms with Crippen LogP contribution in [0.3, 0.4) is 0 Å². The smallest absolute Gasteiger partial charge is 0.156 e. The fraction of sp³-hybridized carbons (Fsp3) is 0.125. The molecule has 1 atom stereocenters. The SMILES string of the molecule is C#CC(C)Oc1ccc(Oc2ccccc2)cc1. The van der Waals surface area contributed by atoms with Gasteiger partial charge in [0, 0.05) is 0 Å². The number of para-hydroxylation sites is 1. The highest BCUT2D eigenvalue weighted by Crippen LogP contribution is 2.23. The van der Waals surface area contributed by atoms with Crippen LogP contribution in [0.15, 0.2) is 54.6 Å². The van der Waals surface area contributed by atoms with E-state index in [9.17, 15) is 0 Å². The second-order valence-corrected chi connectivity index (χ2v) is 3.81. The van der Waals surface area contributed by atoms with E-state index in [0.29, 0.717) is 0 Å². The van der Waals surface area contributed by atoms with Crippen molar-refractivity contribution in [1.29, 1.82) is 0 Å². The van der Waals surface area contributed by atoms with Gasteiger partial charge in [0.25, 0.3) is 0 Å². The minimum atomic E-state index is -0.231. The molecule has 18 heavy (non-hydrogen) atoms. The fourth-order valence-corrected chi connectivity index (χ4v) is 1.45. The fourth-order valence-electron chi connectivity index (χ4n) is 1.45. The number of hydrogen-bond acceptors (Lipinski definition) is 2. The van der Waals surface area contributed by atoms with Crippen molar-refractivity contribution in [3.05, 3.63) is 54.6 Å². The predicted octanol–water partition coefficient (Wildman–Crippen LogP) is 3.88. The maximum Gasteiger partial charge on any atom is 0.156 e. The van der Waals surface area contributed by atoms with E-state index in [2.05, 4.69) is 5.92 Å². The molecule has 90 valence electrons. The van der Waals surface area contributed by atoms with Crippen molar-refractivity contribution in [3.63, 3.8) is 0 Å². The molecular formula is C16H14O2. The molecule has 2 aromatic rings. The highest BCUT2D eigenvalue weighted by molar-refractivity contribution is 5.35. The average molecular weight is 238 g/mol. The summed E-state index contributed by atoms with van der Waals surface area (Å²) >= 11 is 0. The van der Waals surface area contributed by atoms with E-state index in [0.717, 1.165) is 17.2 Å². The largest absolute Gasteiger partial charge is 0.478 e. The normalized spacial score (nSPS) is 11.3. The van der Waals surface area contributed by atoms with Gasteiger partial charge in [0.1, 0.15) is 17.2 Å². The molecular weight excluding hydrogens is 224 g/mol. The highest BCUT2D eigenvalue weighted by atomic mass is 16.5. The topological polar surface area (TPSA) is 18.5 Å². The van der Waals surface area contributed by atoms with Crippen LogP contribution in [0.5, 0.6) is 17.2 Å². The lowest BCUT2D eigenvalue weighted by atomic mass is 10.3. The minimum absolute atomic E-state index is 0.231. The molecule has 0 saturated heterocycles. The molecule has 0 aliphatic carbocycles. The summed E-state index contributed by atoms with van der Waals surface area (Å²) in [5.74, 6) is 4.83. The first-order valence-electron chi connectivity index (χ1n) is 5.73. The van der Waals surface area contributed by atoms with Crippen molar-refractivity contribution in [2.75, 3.05) is 0 Å². The summed E-state index contributed by atoms with van der Waals surface area (Å²) in [6.45, 7) is 1.83. The van der Waals surface area contributed by atoms with Gasteiger partial charge in [0.05, 0.1) is 0 Å². The summed E-state index contributed by atoms with van der Waals surface area (Å²) in [5, 5.41) is 0. The molecule has 2 heteroatoms. The van der Waals surface area contributed by atoms with Gasteiger partial charge in [-0.1, -0.05) is 24.1 Å². The van der Waals surface area contributed by atoms with Crippen molar-refractivity contribution in [3.8, 4) is 29.6 Å². The summed E-state index contributed by atoms with van der Waals surface area (Å²) < 4.78 is 11.1. The summed E-state index contributed by atoms with van der Waals surface area (Å²) in [6, 6.07) is 17.0. The third-order valence-corrected chi connectivity index (χ3v) is 2.35. The van der Waals surface area contributed by atoms with E-state index in [-0.39, 0.29) is 6.10 Å². The molecule has 0 fully saturated rings. The Morgan fingerprint density at radius 2 is 1.44 bits per heavy atom. The van der Waals surface area contributed by atoms with Crippen LogP contribution in [-0.2, 0) is 0 Å². The molecule has 2 aromatic carbocycles. The maximum absolute atomic E-state index is 5.67. The zero-order valence-electron chi connectivity index (χ0n) is 10.2. The standard InChI is InChI=1S/C16H14O2/c1-3-13(2)17-15-9-11-16(12-10-15)18-14-7-5-4-6-8-14/h1,4-13H,2H3. The van der Waals surface area contributed by atoms with Gasteiger partial charge in [0.15, 0.2) is 6.10 Å². The van der Waals surface area contributed by atoms with Crippen molar-refractivity contribution in [2.45, 2.75) is 13.0 Å². The number of benzene rings is 2. The Morgan fingerprint density at radius 3 is 2.06 bits per heavy atom. The molecule has 0 N–H and O–H groups in total. The highest BCUT2D eigenvalue weighted by Gasteiger charge is 2.00. The Bertz CT molecular complexity index is 523. The van der Waals surface area contributed by atoms with Crippen LogP contribution < -0.4 is 9.47 Å². The molecule has 2 nitrogen and oxygen atoms in total. The minimum Gasteiger partial charge on any atom is -0.478 e. The van der Waals surface area contributed by atoms with Crippen LogP contribution in [0.4, 0.5) is 0 Å². The molecule has 0 spiro atoms. The lowest BCUT2D eigenvalue weighted by Crippen LogP contribution is -2.07. The number of hydrogen-bond donors (Lipinski definition) is 0. The quantitative estimate of drug-likeness (QED) is 0.752. The second-order valence-electron chi connectivity index (χ2n) is 3.81. The first kappa shape index (κ1) is 12.1. The Hall–Kier alpha value is -2.40. The van der Waals surface area contributed by atoms with Crippen LogP contribution >= 0.6 is 0 Å². The van der Waals surface area contributed by atoms with Gasteiger partial charge in [0.2, 0.25) is 0 Å². The van der Waals surface area contributed by atoms with Crippen LogP contribution in [0.2, 0.25) is 0 Å². The molecule has 0 radical (unpaired) electrons. The first-order chi connectivity index (χ1) is 8.78. The molecule has 0 amide bonds. The van der Waals surface area contributed by atoms with Gasteiger partial charge in [-0.05, 0) is 43.3 Å². The molecule has 0 aromatic heterocycles. The van der Waals surface area contributed by atoms with Gasteiger partial charge in [-0.2, -0.15) is 0 Å². The lowest BCUT2D eigenvalue weighted by molar-refractivity contribution is 0.278. The maximum atomic E-state index is 5.67. The Morgan fingerprint density at radius 1 is 0.889 bits per heavy atom. The number of terminal acetylenes is 1. The van der Waals surface area contributed by atoms with E-state index in [1.807, 2.05) is 61.5 Å². The molecule has 0 bridgehead atoms. The van der Waals surface area contributed by atoms with E-state index in [1.165, 1.54) is 0 Å². The van der Waals surface area contributed by atoms with Gasteiger partial charge >= 0.3 is 0 Å². The van der Waals surface area contributed by atoms with Crippen LogP contribution in [0, 0.1) is 12.3 Å². The third-order valence-electron chi connectivity index (χ3n) is 2.35. The molecule has 0 saturated carbocycles. The third kappa shape index (κ3) is 3.29. The number of ether oxygens (including phenoxy) is 2. The van der Waals surface area contributed by atoms with Gasteiger partial charge < -0.3 is 9.47 Å². The Kier molecular flexibility index (Phi) is 3.88. The van der Waals surface area contributed by atoms with E-state index < -0.39 is 0 Å². The summed E-state index contributed by atoms with van der Waals surface area (Å²) in [7, 11) is 0. The number of rotatable bonds is 4. The molecule has 1 unspecified atom stereocenters.